The number of hydrogen-bond acceptors (Lipinski definition) is 5. The van der Waals surface area contributed by atoms with Gasteiger partial charge in [0.2, 0.25) is 0 Å². The van der Waals surface area contributed by atoms with Crippen LogP contribution < -0.4 is 4.74 Å². The Bertz CT molecular complexity index is 1230. The van der Waals surface area contributed by atoms with Crippen LogP contribution in [0.1, 0.15) is 27.8 Å². The van der Waals surface area contributed by atoms with Crippen LogP contribution in [0.2, 0.25) is 0 Å². The van der Waals surface area contributed by atoms with Crippen LogP contribution in [0, 0.1) is 22.7 Å². The molecule has 0 atom stereocenters. The second kappa shape index (κ2) is 8.59. The Hall–Kier alpha value is -4.68. The lowest BCUT2D eigenvalue weighted by Crippen LogP contribution is -2.31. The van der Waals surface area contributed by atoms with E-state index in [2.05, 4.69) is 12.1 Å². The first-order valence-corrected chi connectivity index (χ1v) is 9.80. The van der Waals surface area contributed by atoms with Crippen molar-refractivity contribution in [1.82, 2.24) is 4.90 Å². The number of nitriles is 2. The molecule has 0 saturated carbocycles. The topological polar surface area (TPSA) is 94.2 Å². The number of imide groups is 1. The number of ether oxygens (including phenoxy) is 1. The number of benzene rings is 3. The van der Waals surface area contributed by atoms with Gasteiger partial charge in [-0.25, -0.2) is 0 Å². The minimum atomic E-state index is -0.408. The zero-order valence-corrected chi connectivity index (χ0v) is 17.2. The van der Waals surface area contributed by atoms with E-state index < -0.39 is 11.8 Å². The number of carbonyl (C=O) groups excluding carboxylic acids is 2. The summed E-state index contributed by atoms with van der Waals surface area (Å²) in [5, 5.41) is 18.2. The normalized spacial score (nSPS) is 13.2. The molecule has 1 aliphatic heterocycles. The second-order valence-corrected chi connectivity index (χ2v) is 7.17. The van der Waals surface area contributed by atoms with E-state index in [4.69, 9.17) is 15.3 Å². The van der Waals surface area contributed by atoms with Crippen molar-refractivity contribution in [3.63, 3.8) is 0 Å². The molecule has 2 amide bonds. The molecule has 3 aromatic rings. The molecule has 154 valence electrons. The summed E-state index contributed by atoms with van der Waals surface area (Å²) < 4.78 is 5.17. The van der Waals surface area contributed by atoms with Crippen LogP contribution in [0.3, 0.4) is 0 Å². The van der Waals surface area contributed by atoms with Gasteiger partial charge in [-0.2, -0.15) is 10.5 Å². The molecule has 3 aromatic carbocycles. The number of amides is 2. The zero-order chi connectivity index (χ0) is 22.7. The van der Waals surface area contributed by atoms with Gasteiger partial charge in [0.1, 0.15) is 5.75 Å². The van der Waals surface area contributed by atoms with Gasteiger partial charge in [-0.05, 0) is 53.1 Å². The molecule has 0 saturated heterocycles. The Morgan fingerprint density at radius 2 is 1.16 bits per heavy atom. The molecule has 4 rings (SSSR count). The lowest BCUT2D eigenvalue weighted by Gasteiger charge is -2.15. The fourth-order valence-corrected chi connectivity index (χ4v) is 3.59. The van der Waals surface area contributed by atoms with E-state index in [-0.39, 0.29) is 17.7 Å². The molecule has 0 radical (unpaired) electrons. The maximum atomic E-state index is 13.4. The van der Waals surface area contributed by atoms with Crippen molar-refractivity contribution >= 4 is 23.0 Å². The van der Waals surface area contributed by atoms with Gasteiger partial charge in [0.05, 0.1) is 48.1 Å². The summed E-state index contributed by atoms with van der Waals surface area (Å²) in [7, 11) is 1.57. The highest BCUT2D eigenvalue weighted by molar-refractivity contribution is 6.48. The van der Waals surface area contributed by atoms with Crippen molar-refractivity contribution in [1.29, 1.82) is 10.5 Å². The van der Waals surface area contributed by atoms with Crippen LogP contribution in [0.5, 0.6) is 5.75 Å². The van der Waals surface area contributed by atoms with Gasteiger partial charge in [-0.15, -0.1) is 0 Å². The molecule has 6 heteroatoms. The van der Waals surface area contributed by atoms with Gasteiger partial charge < -0.3 is 4.74 Å². The average molecular weight is 419 g/mol. The first-order chi connectivity index (χ1) is 15.5. The van der Waals surface area contributed by atoms with Crippen LogP contribution in [0.15, 0.2) is 72.8 Å². The lowest BCUT2D eigenvalue weighted by atomic mass is 9.95. The van der Waals surface area contributed by atoms with Crippen molar-refractivity contribution in [2.24, 2.45) is 0 Å². The van der Waals surface area contributed by atoms with E-state index in [0.717, 1.165) is 5.56 Å². The summed E-state index contributed by atoms with van der Waals surface area (Å²) in [6.07, 6.45) is 0. The highest BCUT2D eigenvalue weighted by Gasteiger charge is 2.39. The molecule has 1 heterocycles. The summed E-state index contributed by atoms with van der Waals surface area (Å²) in [4.78, 5) is 28.0. The van der Waals surface area contributed by atoms with Crippen LogP contribution >= 0.6 is 0 Å². The van der Waals surface area contributed by atoms with Crippen LogP contribution in [0.4, 0.5) is 0 Å². The van der Waals surface area contributed by atoms with Gasteiger partial charge >= 0.3 is 0 Å². The number of carbonyl (C=O) groups is 2. The summed E-state index contributed by atoms with van der Waals surface area (Å²) in [6.45, 7) is 0.112. The van der Waals surface area contributed by atoms with Gasteiger partial charge in [0.25, 0.3) is 11.8 Å². The third kappa shape index (κ3) is 3.74. The van der Waals surface area contributed by atoms with Gasteiger partial charge in [0, 0.05) is 0 Å². The summed E-state index contributed by atoms with van der Waals surface area (Å²) >= 11 is 0. The SMILES string of the molecule is COc1ccc(CN2C(=O)C(c3ccc(C#N)cc3)=C(c3ccc(C#N)cc3)C2=O)cc1. The largest absolute Gasteiger partial charge is 0.497 e. The first kappa shape index (κ1) is 20.6. The van der Waals surface area contributed by atoms with E-state index in [1.165, 1.54) is 4.90 Å². The van der Waals surface area contributed by atoms with Gasteiger partial charge in [-0.3, -0.25) is 14.5 Å². The standard InChI is InChI=1S/C26H17N3O3/c1-32-22-12-6-19(7-13-22)16-29-25(30)23(20-8-2-17(14-27)3-9-20)24(26(29)31)21-10-4-18(15-28)5-11-21/h2-13H,16H2,1H3. The molecule has 0 aromatic heterocycles. The molecule has 0 fully saturated rings. The predicted molar refractivity (Wildman–Crippen MR) is 118 cm³/mol. The Morgan fingerprint density at radius 1 is 0.719 bits per heavy atom. The van der Waals surface area contributed by atoms with Crippen molar-refractivity contribution in [2.75, 3.05) is 7.11 Å². The Kier molecular flexibility index (Phi) is 5.53. The molecule has 0 unspecified atom stereocenters. The zero-order valence-electron chi connectivity index (χ0n) is 17.2. The molecule has 1 aliphatic rings. The van der Waals surface area contributed by atoms with Crippen molar-refractivity contribution < 1.29 is 14.3 Å². The number of hydrogen-bond donors (Lipinski definition) is 0. The van der Waals surface area contributed by atoms with Crippen molar-refractivity contribution in [2.45, 2.75) is 6.54 Å². The minimum Gasteiger partial charge on any atom is -0.497 e. The highest BCUT2D eigenvalue weighted by atomic mass is 16.5. The van der Waals surface area contributed by atoms with E-state index >= 15 is 0 Å². The van der Waals surface area contributed by atoms with E-state index in [1.54, 1.807) is 79.9 Å². The summed E-state index contributed by atoms with van der Waals surface area (Å²) in [5.41, 5.74) is 3.36. The summed E-state index contributed by atoms with van der Waals surface area (Å²) in [6, 6.07) is 24.4. The minimum absolute atomic E-state index is 0.112. The molecule has 0 aliphatic carbocycles. The molecule has 0 bridgehead atoms. The van der Waals surface area contributed by atoms with E-state index in [9.17, 15) is 9.59 Å². The maximum Gasteiger partial charge on any atom is 0.262 e. The van der Waals surface area contributed by atoms with Gasteiger partial charge in [-0.1, -0.05) is 36.4 Å². The third-order valence-electron chi connectivity index (χ3n) is 5.27. The molecule has 32 heavy (non-hydrogen) atoms. The molecule has 0 N–H and O–H groups in total. The van der Waals surface area contributed by atoms with Crippen molar-refractivity contribution in [3.8, 4) is 17.9 Å². The Morgan fingerprint density at radius 3 is 1.53 bits per heavy atom. The van der Waals surface area contributed by atoms with Crippen LogP contribution in [0.25, 0.3) is 11.1 Å². The van der Waals surface area contributed by atoms with Gasteiger partial charge in [0.15, 0.2) is 0 Å². The Labute approximate surface area is 185 Å². The van der Waals surface area contributed by atoms with Crippen molar-refractivity contribution in [3.05, 3.63) is 101 Å². The average Bonchev–Trinajstić information content (AvgIpc) is 3.09. The highest BCUT2D eigenvalue weighted by Crippen LogP contribution is 2.36. The monoisotopic (exact) mass is 419 g/mol. The van der Waals surface area contributed by atoms with E-state index in [1.807, 2.05) is 0 Å². The molecular weight excluding hydrogens is 402 g/mol. The predicted octanol–water partition coefficient (Wildman–Crippen LogP) is 3.92. The molecular formula is C26H17N3O3. The fourth-order valence-electron chi connectivity index (χ4n) is 3.59. The molecule has 6 nitrogen and oxygen atoms in total. The maximum absolute atomic E-state index is 13.4. The smallest absolute Gasteiger partial charge is 0.262 e. The summed E-state index contributed by atoms with van der Waals surface area (Å²) in [5.74, 6) is -0.132. The second-order valence-electron chi connectivity index (χ2n) is 7.17. The third-order valence-corrected chi connectivity index (χ3v) is 5.27. The number of methoxy groups -OCH3 is 1. The lowest BCUT2D eigenvalue weighted by molar-refractivity contribution is -0.136. The fraction of sp³-hybridized carbons (Fsp3) is 0.0769. The Balaban J connectivity index is 1.78. The van der Waals surface area contributed by atoms with Crippen LogP contribution in [-0.2, 0) is 16.1 Å². The first-order valence-electron chi connectivity index (χ1n) is 9.80. The number of nitrogens with zero attached hydrogens (tertiary/aromatic N) is 3. The number of rotatable bonds is 5. The quantitative estimate of drug-likeness (QED) is 0.584. The molecule has 0 spiro atoms. The van der Waals surface area contributed by atoms with E-state index in [0.29, 0.717) is 28.0 Å². The van der Waals surface area contributed by atoms with Crippen LogP contribution in [-0.4, -0.2) is 23.8 Å².